The Morgan fingerprint density at radius 2 is 1.84 bits per heavy atom. The Labute approximate surface area is 238 Å². The summed E-state index contributed by atoms with van der Waals surface area (Å²) in [5.41, 5.74) is 8.76. The Bertz CT molecular complexity index is 1150. The number of allylic oxidation sites excluding steroid dienone is 22. The summed E-state index contributed by atoms with van der Waals surface area (Å²) in [6, 6.07) is 0. The molecule has 0 spiro atoms. The van der Waals surface area contributed by atoms with Crippen molar-refractivity contribution in [3.05, 3.63) is 142 Å². The zero-order valence-electron chi connectivity index (χ0n) is 24.6. The molecule has 0 N–H and O–H groups in total. The van der Waals surface area contributed by atoms with Crippen molar-refractivity contribution in [3.63, 3.8) is 0 Å². The predicted molar refractivity (Wildman–Crippen MR) is 175 cm³/mol. The van der Waals surface area contributed by atoms with Gasteiger partial charge in [-0.2, -0.15) is 0 Å². The molecule has 0 bridgehead atoms. The van der Waals surface area contributed by atoms with Crippen LogP contribution >= 0.6 is 11.8 Å². The van der Waals surface area contributed by atoms with Gasteiger partial charge < -0.3 is 0 Å². The molecule has 0 saturated carbocycles. The molecule has 2 atom stereocenters. The molecule has 0 aromatic heterocycles. The molecule has 0 fully saturated rings. The van der Waals surface area contributed by atoms with Crippen molar-refractivity contribution in [2.45, 2.75) is 66.7 Å². The maximum absolute atomic E-state index is 4.36. The Morgan fingerprint density at radius 3 is 2.53 bits per heavy atom. The van der Waals surface area contributed by atoms with Gasteiger partial charge in [-0.25, -0.2) is 0 Å². The van der Waals surface area contributed by atoms with Crippen molar-refractivity contribution < 1.29 is 0 Å². The molecule has 0 heterocycles. The highest BCUT2D eigenvalue weighted by molar-refractivity contribution is 8.02. The first kappa shape index (κ1) is 31.4. The van der Waals surface area contributed by atoms with E-state index in [2.05, 4.69) is 139 Å². The lowest BCUT2D eigenvalue weighted by Crippen LogP contribution is -2.05. The van der Waals surface area contributed by atoms with E-state index in [1.165, 1.54) is 39.2 Å². The summed E-state index contributed by atoms with van der Waals surface area (Å²) in [6.07, 6.45) is 39.3. The highest BCUT2D eigenvalue weighted by Crippen LogP contribution is 2.37. The zero-order valence-corrected chi connectivity index (χ0v) is 25.4. The van der Waals surface area contributed by atoms with Crippen LogP contribution in [0.2, 0.25) is 0 Å². The van der Waals surface area contributed by atoms with Crippen LogP contribution in [0.15, 0.2) is 142 Å². The summed E-state index contributed by atoms with van der Waals surface area (Å²) in [4.78, 5) is 1.45. The molecular formula is C37H48S. The Morgan fingerprint density at radius 1 is 1.05 bits per heavy atom. The normalized spacial score (nSPS) is 20.2. The summed E-state index contributed by atoms with van der Waals surface area (Å²) >= 11 is 1.88. The van der Waals surface area contributed by atoms with Crippen LogP contribution in [0.4, 0.5) is 0 Å². The quantitative estimate of drug-likeness (QED) is 0.181. The van der Waals surface area contributed by atoms with Crippen molar-refractivity contribution in [2.75, 3.05) is 6.26 Å². The predicted octanol–water partition coefficient (Wildman–Crippen LogP) is 11.5. The third-order valence-corrected chi connectivity index (χ3v) is 7.77. The summed E-state index contributed by atoms with van der Waals surface area (Å²) in [5, 5.41) is 0. The first-order valence-corrected chi connectivity index (χ1v) is 15.2. The van der Waals surface area contributed by atoms with Crippen LogP contribution < -0.4 is 0 Å². The van der Waals surface area contributed by atoms with Crippen molar-refractivity contribution in [2.24, 2.45) is 11.8 Å². The van der Waals surface area contributed by atoms with Crippen LogP contribution in [-0.4, -0.2) is 6.26 Å². The fraction of sp³-hybridized carbons (Fsp3) is 0.351. The molecule has 0 aromatic carbocycles. The molecule has 2 aliphatic carbocycles. The van der Waals surface area contributed by atoms with Crippen LogP contribution in [0.3, 0.4) is 0 Å². The van der Waals surface area contributed by atoms with Gasteiger partial charge in [0, 0.05) is 5.92 Å². The molecule has 1 heteroatoms. The van der Waals surface area contributed by atoms with Crippen LogP contribution in [0, 0.1) is 11.8 Å². The van der Waals surface area contributed by atoms with E-state index in [9.17, 15) is 0 Å². The van der Waals surface area contributed by atoms with E-state index in [4.69, 9.17) is 0 Å². The molecule has 0 radical (unpaired) electrons. The van der Waals surface area contributed by atoms with Gasteiger partial charge in [0.15, 0.2) is 0 Å². The van der Waals surface area contributed by atoms with Gasteiger partial charge >= 0.3 is 0 Å². The SMILES string of the molecule is C=C(C)/C=C\C(/C=C/C1CC=CCC(SC)=C1C(/C=C\C(=C)/C=C(\C)C1=CC=C(C)C=CC1)=C/C)CCC. The number of rotatable bonds is 12. The second kappa shape index (κ2) is 16.9. The molecular weight excluding hydrogens is 476 g/mol. The van der Waals surface area contributed by atoms with Gasteiger partial charge in [0.25, 0.3) is 0 Å². The lowest BCUT2D eigenvalue weighted by Gasteiger charge is -2.20. The average molecular weight is 525 g/mol. The van der Waals surface area contributed by atoms with Crippen molar-refractivity contribution in [1.82, 2.24) is 0 Å². The lowest BCUT2D eigenvalue weighted by molar-refractivity contribution is 0.679. The van der Waals surface area contributed by atoms with E-state index in [-0.39, 0.29) is 0 Å². The first-order valence-electron chi connectivity index (χ1n) is 14.0. The lowest BCUT2D eigenvalue weighted by atomic mass is 9.87. The van der Waals surface area contributed by atoms with Crippen molar-refractivity contribution in [1.29, 1.82) is 0 Å². The Hall–Kier alpha value is -2.77. The molecule has 0 nitrogen and oxygen atoms in total. The molecule has 2 unspecified atom stereocenters. The standard InChI is InChI=1S/C37H48S/c1-9-14-32(22-19-28(3)4)23-26-35-16-11-12-18-36(38-8)37(35)33(10-2)24-21-30(6)27-31(7)34-17-13-15-29(5)20-25-34/h10-13,15,19-27,32,35H,3,6,9,14,16-18H2,1-2,4-5,7-8H3/b22-19-,24-21-,26-23+,31-27+,33-10+. The van der Waals surface area contributed by atoms with Crippen molar-refractivity contribution >= 4 is 11.8 Å². The minimum absolute atomic E-state index is 0.355. The first-order chi connectivity index (χ1) is 18.3. The van der Waals surface area contributed by atoms with E-state index in [1.54, 1.807) is 0 Å². The van der Waals surface area contributed by atoms with Gasteiger partial charge in [0.1, 0.15) is 0 Å². The summed E-state index contributed by atoms with van der Waals surface area (Å²) in [6.45, 7) is 19.2. The van der Waals surface area contributed by atoms with Crippen LogP contribution in [0.5, 0.6) is 0 Å². The molecule has 0 aliphatic heterocycles. The van der Waals surface area contributed by atoms with Crippen molar-refractivity contribution in [3.8, 4) is 0 Å². The van der Waals surface area contributed by atoms with Gasteiger partial charge in [-0.05, 0) is 98.3 Å². The molecule has 0 aromatic rings. The van der Waals surface area contributed by atoms with Gasteiger partial charge in [0.2, 0.25) is 0 Å². The Balaban J connectivity index is 2.33. The molecule has 2 rings (SSSR count). The summed E-state index contributed by atoms with van der Waals surface area (Å²) in [5.74, 6) is 0.792. The fourth-order valence-electron chi connectivity index (χ4n) is 4.74. The van der Waals surface area contributed by atoms with Gasteiger partial charge in [-0.15, -0.1) is 11.8 Å². The number of hydrogen-bond acceptors (Lipinski definition) is 1. The minimum Gasteiger partial charge on any atom is -0.133 e. The number of thioether (sulfide) groups is 1. The smallest absolute Gasteiger partial charge is 0.00664 e. The van der Waals surface area contributed by atoms with Crippen LogP contribution in [0.25, 0.3) is 0 Å². The largest absolute Gasteiger partial charge is 0.133 e. The van der Waals surface area contributed by atoms with Gasteiger partial charge in [0.05, 0.1) is 0 Å². The fourth-order valence-corrected chi connectivity index (χ4v) is 5.49. The molecule has 0 saturated heterocycles. The highest BCUT2D eigenvalue weighted by Gasteiger charge is 2.19. The average Bonchev–Trinajstić information content (AvgIpc) is 3.24. The third kappa shape index (κ3) is 10.5. The second-order valence-electron chi connectivity index (χ2n) is 10.3. The maximum atomic E-state index is 4.36. The summed E-state index contributed by atoms with van der Waals surface area (Å²) in [7, 11) is 0. The second-order valence-corrected chi connectivity index (χ2v) is 11.2. The molecule has 38 heavy (non-hydrogen) atoms. The minimum atomic E-state index is 0.355. The number of hydrogen-bond donors (Lipinski definition) is 0. The maximum Gasteiger partial charge on any atom is 0.00664 e. The molecule has 202 valence electrons. The third-order valence-electron chi connectivity index (χ3n) is 6.89. The topological polar surface area (TPSA) is 0 Å². The molecule has 0 amide bonds. The van der Waals surface area contributed by atoms with E-state index in [0.717, 1.165) is 36.8 Å². The van der Waals surface area contributed by atoms with E-state index in [0.29, 0.717) is 11.8 Å². The molecule has 2 aliphatic rings. The Kier molecular flexibility index (Phi) is 14.0. The van der Waals surface area contributed by atoms with E-state index >= 15 is 0 Å². The van der Waals surface area contributed by atoms with Gasteiger partial charge in [-0.3, -0.25) is 0 Å². The van der Waals surface area contributed by atoms with E-state index < -0.39 is 0 Å². The highest BCUT2D eigenvalue weighted by atomic mass is 32.2. The van der Waals surface area contributed by atoms with Crippen LogP contribution in [0.1, 0.15) is 66.7 Å². The van der Waals surface area contributed by atoms with E-state index in [1.807, 2.05) is 11.8 Å². The monoisotopic (exact) mass is 524 g/mol. The zero-order chi connectivity index (χ0) is 27.9. The van der Waals surface area contributed by atoms with Gasteiger partial charge in [-0.1, -0.05) is 123 Å². The summed E-state index contributed by atoms with van der Waals surface area (Å²) < 4.78 is 0. The van der Waals surface area contributed by atoms with Crippen LogP contribution in [-0.2, 0) is 0 Å².